The molecular weight excluding hydrogens is 445 g/mol. The number of hydrogen-bond donors (Lipinski definition) is 1. The monoisotopic (exact) mass is 458 g/mol. The molecule has 31 heavy (non-hydrogen) atoms. The van der Waals surface area contributed by atoms with E-state index < -0.39 is 11.6 Å². The second-order valence-electron chi connectivity index (χ2n) is 6.52. The van der Waals surface area contributed by atoms with Gasteiger partial charge in [0, 0.05) is 11.1 Å². The van der Waals surface area contributed by atoms with E-state index in [-0.39, 0.29) is 27.2 Å². The second-order valence-corrected chi connectivity index (χ2v) is 7.34. The number of amides is 1. The fourth-order valence-electron chi connectivity index (χ4n) is 3.22. The van der Waals surface area contributed by atoms with Gasteiger partial charge < -0.3 is 0 Å². The zero-order valence-corrected chi connectivity index (χ0v) is 17.3. The molecule has 4 aromatic rings. The Morgan fingerprint density at radius 1 is 0.935 bits per heavy atom. The van der Waals surface area contributed by atoms with Crippen molar-refractivity contribution in [2.45, 2.75) is 0 Å². The molecule has 156 valence electrons. The molecule has 0 aliphatic rings. The zero-order valence-electron chi connectivity index (χ0n) is 15.8. The molecular formula is C22H14Cl2F2N4O. The SMILES string of the molecule is NN(C=O)c1nc(-c2ccccc2)n(-c2cccc(Cl)c2F)c1-c1ccc(F)c(Cl)c1. The van der Waals surface area contributed by atoms with Gasteiger partial charge in [0.2, 0.25) is 6.41 Å². The molecule has 3 aromatic carbocycles. The average Bonchev–Trinajstić information content (AvgIpc) is 3.18. The Hall–Kier alpha value is -3.26. The number of hydrogen-bond acceptors (Lipinski definition) is 3. The number of nitrogens with two attached hydrogens (primary N) is 1. The minimum atomic E-state index is -0.700. The highest BCUT2D eigenvalue weighted by Gasteiger charge is 2.26. The molecule has 0 aliphatic heterocycles. The average molecular weight is 459 g/mol. The van der Waals surface area contributed by atoms with Crippen LogP contribution in [-0.2, 0) is 4.79 Å². The molecule has 1 heterocycles. The third-order valence-corrected chi connectivity index (χ3v) is 5.20. The second kappa shape index (κ2) is 8.47. The first-order valence-corrected chi connectivity index (χ1v) is 9.75. The van der Waals surface area contributed by atoms with Gasteiger partial charge in [-0.25, -0.2) is 24.6 Å². The van der Waals surface area contributed by atoms with Gasteiger partial charge in [-0.1, -0.05) is 59.6 Å². The van der Waals surface area contributed by atoms with Crippen molar-refractivity contribution in [3.8, 4) is 28.3 Å². The molecule has 1 aromatic heterocycles. The van der Waals surface area contributed by atoms with E-state index in [1.165, 1.54) is 28.8 Å². The van der Waals surface area contributed by atoms with Crippen molar-refractivity contribution >= 4 is 35.4 Å². The first kappa shape index (κ1) is 21.0. The molecule has 9 heteroatoms. The Balaban J connectivity index is 2.15. The van der Waals surface area contributed by atoms with Crippen molar-refractivity contribution in [2.24, 2.45) is 5.84 Å². The quantitative estimate of drug-likeness (QED) is 0.182. The minimum absolute atomic E-state index is 0.0240. The van der Waals surface area contributed by atoms with E-state index in [0.717, 1.165) is 11.1 Å². The number of aromatic nitrogens is 2. The van der Waals surface area contributed by atoms with E-state index >= 15 is 4.39 Å². The highest BCUT2D eigenvalue weighted by molar-refractivity contribution is 6.31. The van der Waals surface area contributed by atoms with Gasteiger partial charge in [-0.3, -0.25) is 9.36 Å². The van der Waals surface area contributed by atoms with Gasteiger partial charge >= 0.3 is 0 Å². The summed E-state index contributed by atoms with van der Waals surface area (Å²) in [6.45, 7) is 0. The smallest absolute Gasteiger partial charge is 0.229 e. The largest absolute Gasteiger partial charge is 0.287 e. The highest BCUT2D eigenvalue weighted by atomic mass is 35.5. The summed E-state index contributed by atoms with van der Waals surface area (Å²) in [5.74, 6) is 4.86. The maximum atomic E-state index is 15.1. The molecule has 5 nitrogen and oxygen atoms in total. The number of imidazole rings is 1. The normalized spacial score (nSPS) is 10.9. The summed E-state index contributed by atoms with van der Waals surface area (Å²) in [6, 6.07) is 17.4. The zero-order chi connectivity index (χ0) is 22.1. The highest BCUT2D eigenvalue weighted by Crippen LogP contribution is 2.39. The van der Waals surface area contributed by atoms with Gasteiger partial charge in [-0.15, -0.1) is 0 Å². The number of carbonyl (C=O) groups excluding carboxylic acids is 1. The number of rotatable bonds is 5. The van der Waals surface area contributed by atoms with Crippen LogP contribution in [0, 0.1) is 11.6 Å². The molecule has 0 aliphatic carbocycles. The Kier molecular flexibility index (Phi) is 5.73. The van der Waals surface area contributed by atoms with E-state index in [4.69, 9.17) is 29.0 Å². The third kappa shape index (κ3) is 3.79. The fourth-order valence-corrected chi connectivity index (χ4v) is 3.57. The van der Waals surface area contributed by atoms with Crippen LogP contribution in [0.15, 0.2) is 66.7 Å². The molecule has 0 atom stereocenters. The van der Waals surface area contributed by atoms with Crippen molar-refractivity contribution in [2.75, 3.05) is 5.01 Å². The lowest BCUT2D eigenvalue weighted by Gasteiger charge is -2.16. The van der Waals surface area contributed by atoms with E-state index in [2.05, 4.69) is 4.98 Å². The molecule has 4 rings (SSSR count). The molecule has 2 N–H and O–H groups in total. The van der Waals surface area contributed by atoms with Crippen LogP contribution in [0.1, 0.15) is 0 Å². The summed E-state index contributed by atoms with van der Waals surface area (Å²) in [5.41, 5.74) is 1.30. The Labute approximate surface area is 186 Å². The Morgan fingerprint density at radius 2 is 1.68 bits per heavy atom. The maximum Gasteiger partial charge on any atom is 0.229 e. The summed E-state index contributed by atoms with van der Waals surface area (Å²) >= 11 is 12.0. The summed E-state index contributed by atoms with van der Waals surface area (Å²) in [5, 5.41) is 0.506. The van der Waals surface area contributed by atoms with Crippen LogP contribution in [0.2, 0.25) is 10.0 Å². The van der Waals surface area contributed by atoms with Crippen LogP contribution in [0.3, 0.4) is 0 Å². The first-order valence-electron chi connectivity index (χ1n) is 8.99. The van der Waals surface area contributed by atoms with E-state index in [9.17, 15) is 9.18 Å². The van der Waals surface area contributed by atoms with Crippen molar-refractivity contribution in [1.82, 2.24) is 9.55 Å². The van der Waals surface area contributed by atoms with Crippen molar-refractivity contribution in [3.05, 3.63) is 88.4 Å². The van der Waals surface area contributed by atoms with Gasteiger partial charge in [-0.2, -0.15) is 0 Å². The van der Waals surface area contributed by atoms with Crippen LogP contribution in [0.4, 0.5) is 14.6 Å². The van der Waals surface area contributed by atoms with Crippen LogP contribution in [-0.4, -0.2) is 16.0 Å². The first-order chi connectivity index (χ1) is 14.9. The van der Waals surface area contributed by atoms with E-state index in [1.54, 1.807) is 30.3 Å². The number of hydrazine groups is 1. The molecule has 0 radical (unpaired) electrons. The van der Waals surface area contributed by atoms with Crippen molar-refractivity contribution < 1.29 is 13.6 Å². The van der Waals surface area contributed by atoms with Crippen LogP contribution in [0.25, 0.3) is 28.3 Å². The lowest BCUT2D eigenvalue weighted by Crippen LogP contribution is -2.29. The van der Waals surface area contributed by atoms with E-state index in [0.29, 0.717) is 23.4 Å². The fraction of sp³-hybridized carbons (Fsp3) is 0. The van der Waals surface area contributed by atoms with Crippen molar-refractivity contribution in [3.63, 3.8) is 0 Å². The Morgan fingerprint density at radius 3 is 2.35 bits per heavy atom. The van der Waals surface area contributed by atoms with Crippen LogP contribution in [0.5, 0.6) is 0 Å². The van der Waals surface area contributed by atoms with E-state index in [1.807, 2.05) is 6.07 Å². The molecule has 0 bridgehead atoms. The van der Waals surface area contributed by atoms with Gasteiger partial charge in [-0.05, 0) is 30.3 Å². The van der Waals surface area contributed by atoms with Gasteiger partial charge in [0.1, 0.15) is 11.6 Å². The van der Waals surface area contributed by atoms with Crippen molar-refractivity contribution in [1.29, 1.82) is 0 Å². The number of halogens is 4. The molecule has 0 unspecified atom stereocenters. The number of anilines is 1. The van der Waals surface area contributed by atoms with Gasteiger partial charge in [0.25, 0.3) is 0 Å². The number of nitrogens with zero attached hydrogens (tertiary/aromatic N) is 3. The maximum absolute atomic E-state index is 15.1. The molecule has 0 saturated heterocycles. The summed E-state index contributed by atoms with van der Waals surface area (Å²) in [6.07, 6.45) is 0.365. The molecule has 0 spiro atoms. The summed E-state index contributed by atoms with van der Waals surface area (Å²) < 4.78 is 30.4. The summed E-state index contributed by atoms with van der Waals surface area (Å²) in [7, 11) is 0. The molecule has 0 fully saturated rings. The van der Waals surface area contributed by atoms with Crippen LogP contribution < -0.4 is 10.9 Å². The standard InChI is InChI=1S/C22H14Cl2F2N4O/c23-15-7-4-8-18(19(15)26)30-20(14-9-10-17(25)16(24)11-14)22(29(27)12-31)28-21(30)13-5-2-1-3-6-13/h1-12H,27H2. The molecule has 1 amide bonds. The lowest BCUT2D eigenvalue weighted by atomic mass is 10.1. The number of carbonyl (C=O) groups is 1. The summed E-state index contributed by atoms with van der Waals surface area (Å²) in [4.78, 5) is 16.0. The predicted octanol–water partition coefficient (Wildman–Crippen LogP) is 5.63. The molecule has 0 saturated carbocycles. The topological polar surface area (TPSA) is 64.2 Å². The minimum Gasteiger partial charge on any atom is -0.287 e. The number of benzene rings is 3. The van der Waals surface area contributed by atoms with Crippen LogP contribution >= 0.6 is 23.2 Å². The predicted molar refractivity (Wildman–Crippen MR) is 117 cm³/mol. The van der Waals surface area contributed by atoms with Gasteiger partial charge in [0.05, 0.1) is 21.4 Å². The third-order valence-electron chi connectivity index (χ3n) is 4.61. The lowest BCUT2D eigenvalue weighted by molar-refractivity contribution is -0.107. The Bertz CT molecular complexity index is 1280. The van der Waals surface area contributed by atoms with Gasteiger partial charge in [0.15, 0.2) is 11.6 Å².